The van der Waals surface area contributed by atoms with Crippen LogP contribution in [0.5, 0.6) is 0 Å². The molecule has 2 aliphatic rings. The minimum atomic E-state index is -0.782. The predicted molar refractivity (Wildman–Crippen MR) is 191 cm³/mol. The summed E-state index contributed by atoms with van der Waals surface area (Å²) >= 11 is 0. The third kappa shape index (κ3) is 5.91. The van der Waals surface area contributed by atoms with Crippen molar-refractivity contribution < 1.29 is 14.3 Å². The number of rotatable bonds is 9. The van der Waals surface area contributed by atoms with Crippen LogP contribution < -0.4 is 4.90 Å². The molecule has 1 saturated heterocycles. The van der Waals surface area contributed by atoms with Crippen molar-refractivity contribution >= 4 is 23.3 Å². The number of amides is 1. The number of benzene rings is 4. The SMILES string of the molecule is COC(=O)c1ccc(N=N[C@]23CCN(C(=O)c4c(C(C)C)cc(C(C)C)cc4C(C)C)[C@H]2N(Cc2ccccc2)c2ccccc23)cc1. The number of hydrogen-bond donors (Lipinski definition) is 0. The Hall–Kier alpha value is -4.78. The lowest BCUT2D eigenvalue weighted by Gasteiger charge is -2.37. The maximum Gasteiger partial charge on any atom is 0.337 e. The zero-order valence-corrected chi connectivity index (χ0v) is 29.1. The van der Waals surface area contributed by atoms with Crippen LogP contribution in [0.2, 0.25) is 0 Å². The van der Waals surface area contributed by atoms with E-state index in [1.807, 2.05) is 12.1 Å². The van der Waals surface area contributed by atoms with Gasteiger partial charge in [-0.15, -0.1) is 0 Å². The highest BCUT2D eigenvalue weighted by Crippen LogP contribution is 2.54. The Labute approximate surface area is 284 Å². The maximum atomic E-state index is 15.2. The zero-order valence-electron chi connectivity index (χ0n) is 29.1. The van der Waals surface area contributed by atoms with Crippen LogP contribution in [0, 0.1) is 0 Å². The average molecular weight is 643 g/mol. The van der Waals surface area contributed by atoms with Crippen molar-refractivity contribution in [3.8, 4) is 0 Å². The lowest BCUT2D eigenvalue weighted by atomic mass is 9.84. The highest BCUT2D eigenvalue weighted by atomic mass is 16.5. The van der Waals surface area contributed by atoms with E-state index < -0.39 is 11.5 Å². The van der Waals surface area contributed by atoms with Crippen molar-refractivity contribution in [2.24, 2.45) is 10.2 Å². The molecule has 0 spiro atoms. The molecule has 48 heavy (non-hydrogen) atoms. The van der Waals surface area contributed by atoms with Gasteiger partial charge in [0.2, 0.25) is 0 Å². The van der Waals surface area contributed by atoms with Gasteiger partial charge in [0.05, 0.1) is 18.4 Å². The van der Waals surface area contributed by atoms with E-state index in [1.54, 1.807) is 24.3 Å². The molecule has 2 heterocycles. The number of hydrogen-bond acceptors (Lipinski definition) is 6. The standard InChI is InChI=1S/C41H46N4O3/c1-26(2)31-23-33(27(3)4)37(34(24-31)28(5)6)38(46)44-22-21-41(43-42-32-19-17-30(18-20-32)39(47)48-7)35-15-11-12-16-36(35)45(40(41)44)25-29-13-9-8-10-14-29/h8-20,23-24,26-28,40H,21-22,25H2,1-7H3/t40-,41-/m0/s1. The van der Waals surface area contributed by atoms with Gasteiger partial charge in [0.15, 0.2) is 0 Å². The number of nitrogens with zero attached hydrogens (tertiary/aromatic N) is 4. The summed E-state index contributed by atoms with van der Waals surface area (Å²) < 4.78 is 4.87. The van der Waals surface area contributed by atoms with Gasteiger partial charge in [-0.2, -0.15) is 10.2 Å². The van der Waals surface area contributed by atoms with E-state index in [0.717, 1.165) is 33.5 Å². The highest BCUT2D eigenvalue weighted by Gasteiger charge is 2.59. The number of ether oxygens (including phenoxy) is 1. The monoisotopic (exact) mass is 642 g/mol. The van der Waals surface area contributed by atoms with Gasteiger partial charge < -0.3 is 14.5 Å². The number of carbonyl (C=O) groups is 2. The fourth-order valence-electron chi connectivity index (χ4n) is 7.32. The van der Waals surface area contributed by atoms with E-state index in [2.05, 4.69) is 106 Å². The van der Waals surface area contributed by atoms with Gasteiger partial charge in [0.25, 0.3) is 5.91 Å². The molecule has 0 N–H and O–H groups in total. The van der Waals surface area contributed by atoms with Gasteiger partial charge in [0.1, 0.15) is 11.7 Å². The van der Waals surface area contributed by atoms with Gasteiger partial charge in [0, 0.05) is 36.3 Å². The Kier molecular flexibility index (Phi) is 9.24. The summed E-state index contributed by atoms with van der Waals surface area (Å²) in [6.45, 7) is 14.3. The van der Waals surface area contributed by atoms with E-state index in [0.29, 0.717) is 36.7 Å². The number of esters is 1. The number of azo groups is 1. The molecule has 0 radical (unpaired) electrons. The molecule has 7 nitrogen and oxygen atoms in total. The van der Waals surface area contributed by atoms with Gasteiger partial charge in [-0.3, -0.25) is 4.79 Å². The summed E-state index contributed by atoms with van der Waals surface area (Å²) in [6, 6.07) is 30.2. The third-order valence-corrected chi connectivity index (χ3v) is 9.87. The number of likely N-dealkylation sites (tertiary alicyclic amines) is 1. The van der Waals surface area contributed by atoms with Crippen LogP contribution in [0.4, 0.5) is 11.4 Å². The molecule has 4 aromatic carbocycles. The lowest BCUT2D eigenvalue weighted by Crippen LogP contribution is -2.51. The smallest absolute Gasteiger partial charge is 0.337 e. The number of fused-ring (bicyclic) bond motifs is 3. The zero-order chi connectivity index (χ0) is 34.2. The number of methoxy groups -OCH3 is 1. The van der Waals surface area contributed by atoms with Crippen LogP contribution in [0.1, 0.15) is 114 Å². The third-order valence-electron chi connectivity index (χ3n) is 9.87. The Bertz CT molecular complexity index is 1800. The van der Waals surface area contributed by atoms with Crippen molar-refractivity contribution in [1.82, 2.24) is 4.90 Å². The quantitative estimate of drug-likeness (QED) is 0.135. The highest BCUT2D eigenvalue weighted by molar-refractivity contribution is 5.99. The topological polar surface area (TPSA) is 74.6 Å². The molecular weight excluding hydrogens is 596 g/mol. The summed E-state index contributed by atoms with van der Waals surface area (Å²) in [5.41, 5.74) is 7.89. The van der Waals surface area contributed by atoms with E-state index in [9.17, 15) is 4.79 Å². The van der Waals surface area contributed by atoms with Gasteiger partial charge in [-0.05, 0) is 70.3 Å². The van der Waals surface area contributed by atoms with Gasteiger partial charge >= 0.3 is 5.97 Å². The molecular formula is C41H46N4O3. The number of anilines is 1. The first-order valence-electron chi connectivity index (χ1n) is 17.1. The fourth-order valence-corrected chi connectivity index (χ4v) is 7.32. The molecule has 6 rings (SSSR count). The first-order valence-corrected chi connectivity index (χ1v) is 17.1. The van der Waals surface area contributed by atoms with Crippen molar-refractivity contribution in [3.63, 3.8) is 0 Å². The summed E-state index contributed by atoms with van der Waals surface area (Å²) in [6.07, 6.45) is 0.249. The average Bonchev–Trinajstić information content (AvgIpc) is 3.60. The van der Waals surface area contributed by atoms with Crippen LogP contribution in [-0.2, 0) is 16.8 Å². The molecule has 7 heteroatoms. The van der Waals surface area contributed by atoms with Gasteiger partial charge in [-0.25, -0.2) is 4.79 Å². The second kappa shape index (κ2) is 13.4. The second-order valence-electron chi connectivity index (χ2n) is 14.0. The molecule has 1 amide bonds. The summed E-state index contributed by atoms with van der Waals surface area (Å²) in [5, 5.41) is 9.95. The molecule has 2 aliphatic heterocycles. The molecule has 4 aromatic rings. The Balaban J connectivity index is 1.50. The summed E-state index contributed by atoms with van der Waals surface area (Å²) in [5.74, 6) is 0.374. The van der Waals surface area contributed by atoms with Crippen molar-refractivity contribution in [2.75, 3.05) is 18.6 Å². The lowest BCUT2D eigenvalue weighted by molar-refractivity contribution is 0.0600. The molecule has 0 unspecified atom stereocenters. The van der Waals surface area contributed by atoms with E-state index in [-0.39, 0.29) is 23.9 Å². The Morgan fingerprint density at radius 2 is 1.46 bits per heavy atom. The van der Waals surface area contributed by atoms with Crippen LogP contribution in [0.15, 0.2) is 101 Å². The van der Waals surface area contributed by atoms with Crippen molar-refractivity contribution in [2.45, 2.75) is 84.0 Å². The first-order chi connectivity index (χ1) is 23.1. The Morgan fingerprint density at radius 1 is 0.833 bits per heavy atom. The van der Waals surface area contributed by atoms with Gasteiger partial charge in [-0.1, -0.05) is 102 Å². The molecule has 1 fully saturated rings. The van der Waals surface area contributed by atoms with Crippen LogP contribution in [-0.4, -0.2) is 36.6 Å². The van der Waals surface area contributed by atoms with Crippen molar-refractivity contribution in [3.05, 3.63) is 130 Å². The normalized spacial score (nSPS) is 18.7. The minimum absolute atomic E-state index is 0.0491. The largest absolute Gasteiger partial charge is 0.465 e. The molecule has 2 atom stereocenters. The Morgan fingerprint density at radius 3 is 2.06 bits per heavy atom. The van der Waals surface area contributed by atoms with E-state index in [4.69, 9.17) is 15.0 Å². The first kappa shape index (κ1) is 33.1. The second-order valence-corrected chi connectivity index (χ2v) is 14.0. The molecule has 248 valence electrons. The predicted octanol–water partition coefficient (Wildman–Crippen LogP) is 9.71. The summed E-state index contributed by atoms with van der Waals surface area (Å²) in [7, 11) is 1.37. The van der Waals surface area contributed by atoms with Crippen molar-refractivity contribution in [1.29, 1.82) is 0 Å². The molecule has 0 aliphatic carbocycles. The number of para-hydroxylation sites is 1. The number of carbonyl (C=O) groups excluding carboxylic acids is 2. The molecule has 0 saturated carbocycles. The van der Waals surface area contributed by atoms with E-state index in [1.165, 1.54) is 12.7 Å². The maximum absolute atomic E-state index is 15.2. The van der Waals surface area contributed by atoms with Crippen LogP contribution in [0.25, 0.3) is 0 Å². The van der Waals surface area contributed by atoms with Crippen LogP contribution >= 0.6 is 0 Å². The summed E-state index contributed by atoms with van der Waals surface area (Å²) in [4.78, 5) is 31.7. The molecule has 0 aromatic heterocycles. The van der Waals surface area contributed by atoms with E-state index >= 15 is 4.79 Å². The fraction of sp³-hybridized carbons (Fsp3) is 0.366. The minimum Gasteiger partial charge on any atom is -0.465 e. The van der Waals surface area contributed by atoms with Crippen LogP contribution in [0.3, 0.4) is 0 Å². The molecule has 0 bridgehead atoms.